The molecule has 1 aromatic heterocycles. The van der Waals surface area contributed by atoms with Crippen molar-refractivity contribution in [2.75, 3.05) is 6.54 Å². The van der Waals surface area contributed by atoms with Gasteiger partial charge < -0.3 is 9.84 Å². The maximum Gasteiger partial charge on any atom is 0.225 e. The molecule has 138 valence electrons. The second kappa shape index (κ2) is 7.62. The van der Waals surface area contributed by atoms with Crippen LogP contribution in [0.15, 0.2) is 40.9 Å². The first-order chi connectivity index (χ1) is 12.8. The highest BCUT2D eigenvalue weighted by Crippen LogP contribution is 2.44. The van der Waals surface area contributed by atoms with Crippen molar-refractivity contribution in [3.05, 3.63) is 53.4 Å². The Morgan fingerprint density at radius 3 is 3.00 bits per heavy atom. The molecule has 2 aromatic rings. The van der Waals surface area contributed by atoms with Crippen molar-refractivity contribution in [1.82, 2.24) is 15.4 Å². The van der Waals surface area contributed by atoms with Crippen LogP contribution in [-0.4, -0.2) is 28.6 Å². The van der Waals surface area contributed by atoms with Crippen LogP contribution in [0.5, 0.6) is 0 Å². The van der Waals surface area contributed by atoms with E-state index in [2.05, 4.69) is 46.6 Å². The lowest BCUT2D eigenvalue weighted by Crippen LogP contribution is -2.37. The van der Waals surface area contributed by atoms with Crippen LogP contribution in [0, 0.1) is 5.92 Å². The molecule has 0 spiro atoms. The van der Waals surface area contributed by atoms with Crippen LogP contribution in [-0.2, 0) is 17.8 Å². The Morgan fingerprint density at radius 2 is 2.19 bits per heavy atom. The number of hydrogen-bond donors (Lipinski definition) is 1. The average molecular weight is 353 g/mol. The lowest BCUT2D eigenvalue weighted by atomic mass is 9.93. The van der Waals surface area contributed by atoms with E-state index in [0.29, 0.717) is 18.6 Å². The fourth-order valence-corrected chi connectivity index (χ4v) is 4.57. The van der Waals surface area contributed by atoms with E-state index >= 15 is 0 Å². The monoisotopic (exact) mass is 353 g/mol. The SMILES string of the molecule is CCCc1cc(CNC(=O)[C@H]2C[C@@H](c3ccccc3)N3CCC[C@H]23)on1. The Labute approximate surface area is 154 Å². The Hall–Kier alpha value is -2.14. The van der Waals surface area contributed by atoms with Gasteiger partial charge in [0.15, 0.2) is 5.76 Å². The molecule has 5 nitrogen and oxygen atoms in total. The molecule has 1 amide bonds. The van der Waals surface area contributed by atoms with Crippen LogP contribution in [0.2, 0.25) is 0 Å². The van der Waals surface area contributed by atoms with Crippen LogP contribution in [0.3, 0.4) is 0 Å². The third-order valence-electron chi connectivity index (χ3n) is 5.76. The number of carbonyl (C=O) groups is 1. The first kappa shape index (κ1) is 17.3. The second-order valence-corrected chi connectivity index (χ2v) is 7.47. The summed E-state index contributed by atoms with van der Waals surface area (Å²) in [5.41, 5.74) is 2.29. The van der Waals surface area contributed by atoms with Crippen molar-refractivity contribution >= 4 is 5.91 Å². The summed E-state index contributed by atoms with van der Waals surface area (Å²) in [6.07, 6.45) is 5.15. The van der Waals surface area contributed by atoms with E-state index in [-0.39, 0.29) is 11.8 Å². The minimum Gasteiger partial charge on any atom is -0.359 e. The largest absolute Gasteiger partial charge is 0.359 e. The molecule has 26 heavy (non-hydrogen) atoms. The van der Waals surface area contributed by atoms with Crippen molar-refractivity contribution in [1.29, 1.82) is 0 Å². The molecule has 4 rings (SSSR count). The van der Waals surface area contributed by atoms with Gasteiger partial charge in [0.2, 0.25) is 5.91 Å². The maximum absolute atomic E-state index is 12.9. The summed E-state index contributed by atoms with van der Waals surface area (Å²) in [5.74, 6) is 0.942. The molecule has 2 saturated heterocycles. The van der Waals surface area contributed by atoms with E-state index in [1.165, 1.54) is 12.0 Å². The third-order valence-corrected chi connectivity index (χ3v) is 5.76. The number of fused-ring (bicyclic) bond motifs is 1. The molecule has 0 saturated carbocycles. The normalized spacial score (nSPS) is 25.3. The van der Waals surface area contributed by atoms with Crippen LogP contribution in [0.25, 0.3) is 0 Å². The van der Waals surface area contributed by atoms with E-state index in [9.17, 15) is 4.79 Å². The Morgan fingerprint density at radius 1 is 1.35 bits per heavy atom. The summed E-state index contributed by atoms with van der Waals surface area (Å²) < 4.78 is 5.33. The standard InChI is InChI=1S/C21H27N3O2/c1-2-7-16-12-17(26-23-16)14-22-21(25)18-13-20(15-8-4-3-5-9-15)24-11-6-10-19(18)24/h3-5,8-9,12,18-20H,2,6-7,10-11,13-14H2,1H3,(H,22,25)/t18-,19+,20-/m0/s1. The number of amides is 1. The number of nitrogens with one attached hydrogen (secondary N) is 1. The molecule has 3 heterocycles. The molecule has 3 atom stereocenters. The fraction of sp³-hybridized carbons (Fsp3) is 0.524. The van der Waals surface area contributed by atoms with Crippen molar-refractivity contribution in [3.8, 4) is 0 Å². The highest BCUT2D eigenvalue weighted by atomic mass is 16.5. The number of carbonyl (C=O) groups excluding carboxylic acids is 1. The van der Waals surface area contributed by atoms with Gasteiger partial charge >= 0.3 is 0 Å². The highest BCUT2D eigenvalue weighted by molar-refractivity contribution is 5.80. The average Bonchev–Trinajstić information content (AvgIpc) is 3.37. The topological polar surface area (TPSA) is 58.4 Å². The second-order valence-electron chi connectivity index (χ2n) is 7.47. The summed E-state index contributed by atoms with van der Waals surface area (Å²) >= 11 is 0. The molecule has 2 aliphatic heterocycles. The fourth-order valence-electron chi connectivity index (χ4n) is 4.57. The van der Waals surface area contributed by atoms with Crippen LogP contribution in [0.4, 0.5) is 0 Å². The van der Waals surface area contributed by atoms with Gasteiger partial charge in [-0.25, -0.2) is 0 Å². The molecule has 1 N–H and O–H groups in total. The minimum absolute atomic E-state index is 0.0562. The van der Waals surface area contributed by atoms with Crippen molar-refractivity contribution in [3.63, 3.8) is 0 Å². The van der Waals surface area contributed by atoms with E-state index in [0.717, 1.165) is 43.7 Å². The lowest BCUT2D eigenvalue weighted by Gasteiger charge is -2.24. The Kier molecular flexibility index (Phi) is 5.07. The summed E-state index contributed by atoms with van der Waals surface area (Å²) in [6, 6.07) is 13.3. The molecule has 2 aliphatic rings. The minimum atomic E-state index is 0.0562. The number of benzene rings is 1. The number of aryl methyl sites for hydroxylation is 1. The van der Waals surface area contributed by atoms with E-state index in [1.807, 2.05) is 12.1 Å². The van der Waals surface area contributed by atoms with Crippen LogP contribution < -0.4 is 5.32 Å². The van der Waals surface area contributed by atoms with Crippen LogP contribution >= 0.6 is 0 Å². The van der Waals surface area contributed by atoms with Gasteiger partial charge in [-0.15, -0.1) is 0 Å². The molecule has 2 fully saturated rings. The summed E-state index contributed by atoms with van der Waals surface area (Å²) in [7, 11) is 0. The van der Waals surface area contributed by atoms with Crippen molar-refractivity contribution in [2.45, 2.75) is 57.7 Å². The van der Waals surface area contributed by atoms with Gasteiger partial charge in [-0.3, -0.25) is 9.69 Å². The summed E-state index contributed by atoms with van der Waals surface area (Å²) in [4.78, 5) is 15.4. The number of nitrogens with zero attached hydrogens (tertiary/aromatic N) is 2. The lowest BCUT2D eigenvalue weighted by molar-refractivity contribution is -0.125. The van der Waals surface area contributed by atoms with Crippen LogP contribution in [0.1, 0.15) is 55.7 Å². The zero-order valence-electron chi connectivity index (χ0n) is 15.4. The van der Waals surface area contributed by atoms with Gasteiger partial charge in [0.1, 0.15) is 0 Å². The van der Waals surface area contributed by atoms with Crippen molar-refractivity contribution < 1.29 is 9.32 Å². The molecule has 0 aliphatic carbocycles. The molecule has 0 bridgehead atoms. The molecular formula is C21H27N3O2. The zero-order valence-corrected chi connectivity index (χ0v) is 15.4. The molecule has 5 heteroatoms. The maximum atomic E-state index is 12.9. The predicted molar refractivity (Wildman–Crippen MR) is 99.4 cm³/mol. The van der Waals surface area contributed by atoms with Crippen molar-refractivity contribution in [2.24, 2.45) is 5.92 Å². The first-order valence-electron chi connectivity index (χ1n) is 9.79. The number of hydrogen-bond acceptors (Lipinski definition) is 4. The van der Waals surface area contributed by atoms with Gasteiger partial charge in [-0.2, -0.15) is 0 Å². The van der Waals surface area contributed by atoms with E-state index in [4.69, 9.17) is 4.52 Å². The Bertz CT molecular complexity index is 743. The van der Waals surface area contributed by atoms with E-state index in [1.54, 1.807) is 0 Å². The zero-order chi connectivity index (χ0) is 17.9. The molecule has 1 aromatic carbocycles. The molecule has 0 radical (unpaired) electrons. The number of aromatic nitrogens is 1. The highest BCUT2D eigenvalue weighted by Gasteiger charge is 2.46. The number of rotatable bonds is 6. The molecule has 0 unspecified atom stereocenters. The van der Waals surface area contributed by atoms with Gasteiger partial charge in [-0.05, 0) is 37.8 Å². The van der Waals surface area contributed by atoms with Gasteiger partial charge in [0, 0.05) is 18.2 Å². The van der Waals surface area contributed by atoms with E-state index < -0.39 is 0 Å². The molecular weight excluding hydrogens is 326 g/mol. The predicted octanol–water partition coefficient (Wildman–Crippen LogP) is 3.47. The summed E-state index contributed by atoms with van der Waals surface area (Å²) in [6.45, 7) is 3.64. The smallest absolute Gasteiger partial charge is 0.225 e. The summed E-state index contributed by atoms with van der Waals surface area (Å²) in [5, 5.41) is 7.13. The first-order valence-corrected chi connectivity index (χ1v) is 9.79. The van der Waals surface area contributed by atoms with Gasteiger partial charge in [-0.1, -0.05) is 48.8 Å². The third kappa shape index (κ3) is 3.40. The van der Waals surface area contributed by atoms with Gasteiger partial charge in [0.25, 0.3) is 0 Å². The van der Waals surface area contributed by atoms with Gasteiger partial charge in [0.05, 0.1) is 18.2 Å². The quantitative estimate of drug-likeness (QED) is 0.864. The Balaban J connectivity index is 1.41.